The first-order valence-corrected chi connectivity index (χ1v) is 8.22. The lowest BCUT2D eigenvalue weighted by Crippen LogP contribution is -2.24. The van der Waals surface area contributed by atoms with Gasteiger partial charge in [-0.2, -0.15) is 11.8 Å². The van der Waals surface area contributed by atoms with E-state index in [9.17, 15) is 0 Å². The van der Waals surface area contributed by atoms with E-state index in [1.165, 1.54) is 41.0 Å². The van der Waals surface area contributed by atoms with Crippen molar-refractivity contribution in [1.29, 1.82) is 0 Å². The van der Waals surface area contributed by atoms with Gasteiger partial charge in [-0.3, -0.25) is 0 Å². The average molecular weight is 265 g/mol. The van der Waals surface area contributed by atoms with E-state index in [0.29, 0.717) is 6.04 Å². The van der Waals surface area contributed by atoms with Crippen LogP contribution in [0.1, 0.15) is 49.4 Å². The summed E-state index contributed by atoms with van der Waals surface area (Å²) in [6, 6.07) is 7.37. The Labute approximate surface area is 117 Å². The van der Waals surface area contributed by atoms with Gasteiger partial charge in [0.1, 0.15) is 0 Å². The van der Waals surface area contributed by atoms with Gasteiger partial charge in [-0.05, 0) is 55.7 Å². The minimum atomic E-state index is 0.501. The molecule has 0 aromatic heterocycles. The molecule has 1 unspecified atom stereocenters. The molecule has 0 fully saturated rings. The molecule has 0 radical (unpaired) electrons. The third kappa shape index (κ3) is 5.03. The number of hydrogen-bond acceptors (Lipinski definition) is 2. The number of benzene rings is 1. The van der Waals surface area contributed by atoms with Gasteiger partial charge in [-0.25, -0.2) is 0 Å². The largest absolute Gasteiger partial charge is 0.309 e. The lowest BCUT2D eigenvalue weighted by atomic mass is 10.0. The van der Waals surface area contributed by atoms with Crippen LogP contribution in [0.25, 0.3) is 0 Å². The molecule has 0 amide bonds. The van der Waals surface area contributed by atoms with E-state index >= 15 is 0 Å². The molecular weight excluding hydrogens is 238 g/mol. The number of hydrogen-bond donors (Lipinski definition) is 1. The summed E-state index contributed by atoms with van der Waals surface area (Å²) in [5, 5.41) is 3.67. The molecule has 102 valence electrons. The first-order valence-electron chi connectivity index (χ1n) is 7.07. The van der Waals surface area contributed by atoms with Crippen LogP contribution in [0.3, 0.4) is 0 Å². The van der Waals surface area contributed by atoms with Crippen molar-refractivity contribution in [3.8, 4) is 0 Å². The van der Waals surface area contributed by atoms with Crippen LogP contribution in [0, 0.1) is 13.8 Å². The summed E-state index contributed by atoms with van der Waals surface area (Å²) in [5.74, 6) is 2.44. The van der Waals surface area contributed by atoms with Crippen molar-refractivity contribution in [2.75, 3.05) is 18.1 Å². The Kier molecular flexibility index (Phi) is 7.45. The first kappa shape index (κ1) is 15.6. The van der Waals surface area contributed by atoms with Gasteiger partial charge in [-0.1, -0.05) is 32.0 Å². The Morgan fingerprint density at radius 2 is 1.89 bits per heavy atom. The van der Waals surface area contributed by atoms with Gasteiger partial charge < -0.3 is 5.32 Å². The van der Waals surface area contributed by atoms with Gasteiger partial charge in [0, 0.05) is 11.8 Å². The number of aryl methyl sites for hydroxylation is 2. The van der Waals surface area contributed by atoms with Gasteiger partial charge >= 0.3 is 0 Å². The highest BCUT2D eigenvalue weighted by molar-refractivity contribution is 7.99. The van der Waals surface area contributed by atoms with E-state index in [1.807, 2.05) is 0 Å². The monoisotopic (exact) mass is 265 g/mol. The van der Waals surface area contributed by atoms with Crippen molar-refractivity contribution in [2.24, 2.45) is 0 Å². The normalized spacial score (nSPS) is 12.7. The van der Waals surface area contributed by atoms with Gasteiger partial charge in [0.05, 0.1) is 0 Å². The summed E-state index contributed by atoms with van der Waals surface area (Å²) < 4.78 is 0. The van der Waals surface area contributed by atoms with Gasteiger partial charge in [-0.15, -0.1) is 0 Å². The Morgan fingerprint density at radius 1 is 1.11 bits per heavy atom. The van der Waals surface area contributed by atoms with Crippen LogP contribution < -0.4 is 5.32 Å². The maximum Gasteiger partial charge on any atom is 0.0411 e. The molecule has 1 atom stereocenters. The molecule has 0 bridgehead atoms. The second-order valence-electron chi connectivity index (χ2n) is 4.93. The summed E-state index contributed by atoms with van der Waals surface area (Å²) in [5.41, 5.74) is 4.22. The predicted octanol–water partition coefficient (Wildman–Crippen LogP) is 4.49. The fourth-order valence-corrected chi connectivity index (χ4v) is 2.92. The SMILES string of the molecule is CCCNC(CSCCC)c1ccc(C)c(C)c1. The van der Waals surface area contributed by atoms with Crippen molar-refractivity contribution >= 4 is 11.8 Å². The lowest BCUT2D eigenvalue weighted by Gasteiger charge is -2.19. The van der Waals surface area contributed by atoms with E-state index < -0.39 is 0 Å². The Morgan fingerprint density at radius 3 is 2.50 bits per heavy atom. The summed E-state index contributed by atoms with van der Waals surface area (Å²) in [6.07, 6.45) is 2.46. The van der Waals surface area contributed by atoms with E-state index in [-0.39, 0.29) is 0 Å². The molecule has 1 aromatic carbocycles. The molecule has 0 saturated heterocycles. The smallest absolute Gasteiger partial charge is 0.0411 e. The Bertz CT molecular complexity index is 349. The number of rotatable bonds is 8. The molecule has 1 nitrogen and oxygen atoms in total. The van der Waals surface area contributed by atoms with Crippen molar-refractivity contribution < 1.29 is 0 Å². The number of thioether (sulfide) groups is 1. The highest BCUT2D eigenvalue weighted by Crippen LogP contribution is 2.21. The molecule has 2 heteroatoms. The molecule has 1 N–H and O–H groups in total. The maximum absolute atomic E-state index is 3.67. The Balaban J connectivity index is 2.70. The van der Waals surface area contributed by atoms with Crippen LogP contribution in [0.4, 0.5) is 0 Å². The summed E-state index contributed by atoms with van der Waals surface area (Å²) in [6.45, 7) is 9.96. The quantitative estimate of drug-likeness (QED) is 0.695. The summed E-state index contributed by atoms with van der Waals surface area (Å²) >= 11 is 2.05. The topological polar surface area (TPSA) is 12.0 Å². The van der Waals surface area contributed by atoms with Crippen molar-refractivity contribution in [1.82, 2.24) is 5.32 Å². The molecule has 0 aliphatic rings. The second kappa shape index (κ2) is 8.60. The minimum Gasteiger partial charge on any atom is -0.309 e. The molecule has 0 spiro atoms. The highest BCUT2D eigenvalue weighted by atomic mass is 32.2. The van der Waals surface area contributed by atoms with Crippen LogP contribution in [-0.4, -0.2) is 18.1 Å². The van der Waals surface area contributed by atoms with E-state index in [4.69, 9.17) is 0 Å². The standard InChI is InChI=1S/C16H27NS/c1-5-9-17-16(12-18-10-6-2)15-8-7-13(3)14(4)11-15/h7-8,11,16-17H,5-6,9-10,12H2,1-4H3. The van der Waals surface area contributed by atoms with Crippen molar-refractivity contribution in [3.05, 3.63) is 34.9 Å². The molecule has 1 aromatic rings. The maximum atomic E-state index is 3.67. The highest BCUT2D eigenvalue weighted by Gasteiger charge is 2.11. The van der Waals surface area contributed by atoms with Crippen LogP contribution in [0.5, 0.6) is 0 Å². The third-order valence-electron chi connectivity index (χ3n) is 3.21. The molecule has 0 aliphatic carbocycles. The second-order valence-corrected chi connectivity index (χ2v) is 6.08. The molecular formula is C16H27NS. The van der Waals surface area contributed by atoms with Crippen molar-refractivity contribution in [2.45, 2.75) is 46.6 Å². The predicted molar refractivity (Wildman–Crippen MR) is 84.6 cm³/mol. The zero-order chi connectivity index (χ0) is 13.4. The fourth-order valence-electron chi connectivity index (χ4n) is 1.92. The van der Waals surface area contributed by atoms with Gasteiger partial charge in [0.25, 0.3) is 0 Å². The molecule has 0 heterocycles. The van der Waals surface area contributed by atoms with Crippen LogP contribution in [0.15, 0.2) is 18.2 Å². The van der Waals surface area contributed by atoms with E-state index in [0.717, 1.165) is 6.54 Å². The molecule has 1 rings (SSSR count). The van der Waals surface area contributed by atoms with Gasteiger partial charge in [0.15, 0.2) is 0 Å². The van der Waals surface area contributed by atoms with Gasteiger partial charge in [0.2, 0.25) is 0 Å². The van der Waals surface area contributed by atoms with Crippen molar-refractivity contribution in [3.63, 3.8) is 0 Å². The zero-order valence-corrected chi connectivity index (χ0v) is 13.1. The van der Waals surface area contributed by atoms with Crippen LogP contribution in [0.2, 0.25) is 0 Å². The molecule has 18 heavy (non-hydrogen) atoms. The van der Waals surface area contributed by atoms with E-state index in [1.54, 1.807) is 0 Å². The number of nitrogens with one attached hydrogen (secondary N) is 1. The lowest BCUT2D eigenvalue weighted by molar-refractivity contribution is 0.577. The third-order valence-corrected chi connectivity index (χ3v) is 4.47. The first-order chi connectivity index (χ1) is 8.69. The zero-order valence-electron chi connectivity index (χ0n) is 12.3. The van der Waals surface area contributed by atoms with E-state index in [2.05, 4.69) is 63.0 Å². The average Bonchev–Trinajstić information content (AvgIpc) is 2.37. The van der Waals surface area contributed by atoms with Crippen LogP contribution in [-0.2, 0) is 0 Å². The summed E-state index contributed by atoms with van der Waals surface area (Å²) in [4.78, 5) is 0. The fraction of sp³-hybridized carbons (Fsp3) is 0.625. The summed E-state index contributed by atoms with van der Waals surface area (Å²) in [7, 11) is 0. The minimum absolute atomic E-state index is 0.501. The molecule has 0 aliphatic heterocycles. The van der Waals surface area contributed by atoms with Crippen LogP contribution >= 0.6 is 11.8 Å². The Hall–Kier alpha value is -0.470. The molecule has 0 saturated carbocycles.